The minimum Gasteiger partial charge on any atom is -0.370 e. The molecule has 6 heteroatoms. The summed E-state index contributed by atoms with van der Waals surface area (Å²) in [6, 6.07) is 6.07. The van der Waals surface area contributed by atoms with Gasteiger partial charge in [0.2, 0.25) is 0 Å². The lowest BCUT2D eigenvalue weighted by atomic mass is 10.1. The van der Waals surface area contributed by atoms with E-state index in [1.165, 1.54) is 11.1 Å². The topological polar surface area (TPSA) is 92.0 Å². The SMILES string of the molecule is CCc1n[nH]c(CN=C(N)Nc2ccc(C)c(C)c2)n1. The molecular formula is C14H20N6. The fourth-order valence-corrected chi connectivity index (χ4v) is 1.73. The third-order valence-corrected chi connectivity index (χ3v) is 3.07. The number of aromatic amines is 1. The number of nitrogens with two attached hydrogens (primary N) is 1. The van der Waals surface area contributed by atoms with E-state index in [9.17, 15) is 0 Å². The van der Waals surface area contributed by atoms with E-state index in [1.54, 1.807) is 0 Å². The van der Waals surface area contributed by atoms with Crippen LogP contribution in [0.2, 0.25) is 0 Å². The van der Waals surface area contributed by atoms with Crippen molar-refractivity contribution in [3.8, 4) is 0 Å². The zero-order chi connectivity index (χ0) is 14.5. The lowest BCUT2D eigenvalue weighted by Crippen LogP contribution is -2.22. The van der Waals surface area contributed by atoms with E-state index in [0.717, 1.165) is 17.9 Å². The van der Waals surface area contributed by atoms with Crippen LogP contribution in [-0.2, 0) is 13.0 Å². The van der Waals surface area contributed by atoms with Gasteiger partial charge in [0, 0.05) is 12.1 Å². The van der Waals surface area contributed by atoms with Gasteiger partial charge in [0.05, 0.1) is 0 Å². The number of H-pyrrole nitrogens is 1. The van der Waals surface area contributed by atoms with Crippen molar-refractivity contribution in [2.45, 2.75) is 33.7 Å². The Bertz CT molecular complexity index is 614. The Hall–Kier alpha value is -2.37. The first-order chi connectivity index (χ1) is 9.58. The maximum absolute atomic E-state index is 5.86. The average Bonchev–Trinajstić information content (AvgIpc) is 2.89. The molecular weight excluding hydrogens is 252 g/mol. The fraction of sp³-hybridized carbons (Fsp3) is 0.357. The van der Waals surface area contributed by atoms with Gasteiger partial charge in [0.25, 0.3) is 0 Å². The molecule has 0 atom stereocenters. The highest BCUT2D eigenvalue weighted by molar-refractivity contribution is 5.92. The summed E-state index contributed by atoms with van der Waals surface area (Å²) in [4.78, 5) is 8.52. The van der Waals surface area contributed by atoms with Gasteiger partial charge in [-0.2, -0.15) is 5.10 Å². The largest absolute Gasteiger partial charge is 0.370 e. The molecule has 0 fully saturated rings. The number of anilines is 1. The van der Waals surface area contributed by atoms with Crippen molar-refractivity contribution in [3.63, 3.8) is 0 Å². The van der Waals surface area contributed by atoms with Gasteiger partial charge in [-0.3, -0.25) is 5.10 Å². The van der Waals surface area contributed by atoms with Gasteiger partial charge < -0.3 is 11.1 Å². The molecule has 0 bridgehead atoms. The summed E-state index contributed by atoms with van der Waals surface area (Å²) in [5, 5.41) is 9.96. The number of aliphatic imine (C=N–C) groups is 1. The van der Waals surface area contributed by atoms with Crippen LogP contribution in [-0.4, -0.2) is 21.1 Å². The van der Waals surface area contributed by atoms with Crippen LogP contribution in [0.4, 0.5) is 5.69 Å². The summed E-state index contributed by atoms with van der Waals surface area (Å²) in [6.45, 7) is 6.53. The Morgan fingerprint density at radius 3 is 2.80 bits per heavy atom. The van der Waals surface area contributed by atoms with Gasteiger partial charge in [0.15, 0.2) is 11.8 Å². The summed E-state index contributed by atoms with van der Waals surface area (Å²) in [6.07, 6.45) is 0.802. The number of hydrogen-bond donors (Lipinski definition) is 3. The molecule has 6 nitrogen and oxygen atoms in total. The van der Waals surface area contributed by atoms with Crippen LogP contribution < -0.4 is 11.1 Å². The second-order valence-corrected chi connectivity index (χ2v) is 4.68. The monoisotopic (exact) mass is 272 g/mol. The van der Waals surface area contributed by atoms with Crippen LogP contribution in [0, 0.1) is 13.8 Å². The van der Waals surface area contributed by atoms with Crippen molar-refractivity contribution in [3.05, 3.63) is 41.0 Å². The van der Waals surface area contributed by atoms with Crippen LogP contribution >= 0.6 is 0 Å². The van der Waals surface area contributed by atoms with E-state index in [1.807, 2.05) is 19.1 Å². The van der Waals surface area contributed by atoms with E-state index in [4.69, 9.17) is 5.73 Å². The summed E-state index contributed by atoms with van der Waals surface area (Å²) in [5.41, 5.74) is 9.25. The molecule has 0 aliphatic rings. The van der Waals surface area contributed by atoms with Crippen LogP contribution in [0.1, 0.15) is 29.7 Å². The van der Waals surface area contributed by atoms with E-state index in [-0.39, 0.29) is 0 Å². The molecule has 0 saturated carbocycles. The highest BCUT2D eigenvalue weighted by atomic mass is 15.2. The second kappa shape index (κ2) is 6.18. The number of nitrogens with one attached hydrogen (secondary N) is 2. The minimum absolute atomic E-state index is 0.364. The minimum atomic E-state index is 0.364. The Morgan fingerprint density at radius 1 is 1.35 bits per heavy atom. The number of benzene rings is 1. The number of aromatic nitrogens is 3. The Labute approximate surface area is 118 Å². The van der Waals surface area contributed by atoms with Crippen LogP contribution in [0.5, 0.6) is 0 Å². The highest BCUT2D eigenvalue weighted by Gasteiger charge is 2.01. The zero-order valence-corrected chi connectivity index (χ0v) is 12.1. The molecule has 106 valence electrons. The molecule has 1 aromatic heterocycles. The molecule has 20 heavy (non-hydrogen) atoms. The summed E-state index contributed by atoms with van der Waals surface area (Å²) >= 11 is 0. The third kappa shape index (κ3) is 3.57. The molecule has 0 aliphatic heterocycles. The standard InChI is InChI=1S/C14H20N6/c1-4-12-18-13(20-19-12)8-16-14(15)17-11-6-5-9(2)10(3)7-11/h5-7H,4,8H2,1-3H3,(H3,15,16,17)(H,18,19,20). The average molecular weight is 272 g/mol. The maximum Gasteiger partial charge on any atom is 0.193 e. The highest BCUT2D eigenvalue weighted by Crippen LogP contribution is 2.13. The molecule has 4 N–H and O–H groups in total. The van der Waals surface area contributed by atoms with Gasteiger partial charge >= 0.3 is 0 Å². The first-order valence-corrected chi connectivity index (χ1v) is 6.63. The van der Waals surface area contributed by atoms with Crippen molar-refractivity contribution in [1.29, 1.82) is 0 Å². The van der Waals surface area contributed by atoms with E-state index in [0.29, 0.717) is 18.3 Å². The van der Waals surface area contributed by atoms with Crippen molar-refractivity contribution in [2.75, 3.05) is 5.32 Å². The zero-order valence-electron chi connectivity index (χ0n) is 12.1. The molecule has 2 rings (SSSR count). The summed E-state index contributed by atoms with van der Waals surface area (Å²) in [7, 11) is 0. The van der Waals surface area contributed by atoms with E-state index >= 15 is 0 Å². The Morgan fingerprint density at radius 2 is 2.15 bits per heavy atom. The number of guanidine groups is 1. The second-order valence-electron chi connectivity index (χ2n) is 4.68. The lowest BCUT2D eigenvalue weighted by Gasteiger charge is -2.07. The Balaban J connectivity index is 1.98. The fourth-order valence-electron chi connectivity index (χ4n) is 1.73. The van der Waals surface area contributed by atoms with E-state index in [2.05, 4.69) is 45.4 Å². The molecule has 0 saturated heterocycles. The lowest BCUT2D eigenvalue weighted by molar-refractivity contribution is 0.913. The molecule has 0 unspecified atom stereocenters. The smallest absolute Gasteiger partial charge is 0.193 e. The van der Waals surface area contributed by atoms with Crippen LogP contribution in [0.3, 0.4) is 0 Å². The predicted octanol–water partition coefficient (Wildman–Crippen LogP) is 1.91. The molecule has 0 aliphatic carbocycles. The first-order valence-electron chi connectivity index (χ1n) is 6.63. The molecule has 0 spiro atoms. The van der Waals surface area contributed by atoms with Gasteiger partial charge in [-0.15, -0.1) is 0 Å². The molecule has 2 aromatic rings. The number of aryl methyl sites for hydroxylation is 3. The maximum atomic E-state index is 5.86. The number of rotatable bonds is 4. The van der Waals surface area contributed by atoms with Gasteiger partial charge in [-0.1, -0.05) is 13.0 Å². The van der Waals surface area contributed by atoms with Crippen molar-refractivity contribution in [1.82, 2.24) is 15.2 Å². The Kier molecular flexibility index (Phi) is 4.34. The van der Waals surface area contributed by atoms with Crippen LogP contribution in [0.15, 0.2) is 23.2 Å². The number of hydrogen-bond acceptors (Lipinski definition) is 3. The van der Waals surface area contributed by atoms with Crippen molar-refractivity contribution >= 4 is 11.6 Å². The quantitative estimate of drug-likeness (QED) is 0.585. The molecule has 0 radical (unpaired) electrons. The molecule has 0 amide bonds. The molecule has 1 aromatic carbocycles. The van der Waals surface area contributed by atoms with Gasteiger partial charge in [-0.25, -0.2) is 9.98 Å². The van der Waals surface area contributed by atoms with Gasteiger partial charge in [0.1, 0.15) is 12.4 Å². The van der Waals surface area contributed by atoms with Crippen molar-refractivity contribution < 1.29 is 0 Å². The predicted molar refractivity (Wildman–Crippen MR) is 80.6 cm³/mol. The summed E-state index contributed by atoms with van der Waals surface area (Å²) in [5.74, 6) is 1.87. The number of nitrogens with zero attached hydrogens (tertiary/aromatic N) is 3. The van der Waals surface area contributed by atoms with Gasteiger partial charge in [-0.05, 0) is 37.1 Å². The van der Waals surface area contributed by atoms with E-state index < -0.39 is 0 Å². The van der Waals surface area contributed by atoms with Crippen molar-refractivity contribution in [2.24, 2.45) is 10.7 Å². The summed E-state index contributed by atoms with van der Waals surface area (Å²) < 4.78 is 0. The normalized spacial score (nSPS) is 11.7. The van der Waals surface area contributed by atoms with Crippen LogP contribution in [0.25, 0.3) is 0 Å². The third-order valence-electron chi connectivity index (χ3n) is 3.07. The first kappa shape index (κ1) is 14.0. The molecule has 1 heterocycles.